The summed E-state index contributed by atoms with van der Waals surface area (Å²) in [5, 5.41) is 6.26. The molecular formula is C24H24ClN3O2. The average Bonchev–Trinajstić information content (AvgIpc) is 2.74. The van der Waals surface area contributed by atoms with Gasteiger partial charge < -0.3 is 10.6 Å². The normalized spacial score (nSPS) is 11.7. The highest BCUT2D eigenvalue weighted by molar-refractivity contribution is 6.30. The van der Waals surface area contributed by atoms with Gasteiger partial charge in [0, 0.05) is 28.7 Å². The largest absolute Gasteiger partial charge is 0.340 e. The lowest BCUT2D eigenvalue weighted by atomic mass is 10.0. The number of hydrogen-bond acceptors (Lipinski definition) is 3. The van der Waals surface area contributed by atoms with Gasteiger partial charge >= 0.3 is 0 Å². The van der Waals surface area contributed by atoms with Crippen LogP contribution in [0, 0.1) is 5.92 Å². The molecule has 6 heteroatoms. The molecule has 1 heterocycles. The van der Waals surface area contributed by atoms with E-state index in [1.807, 2.05) is 50.2 Å². The van der Waals surface area contributed by atoms with E-state index in [0.717, 1.165) is 12.0 Å². The number of carbonyl (C=O) groups excluding carboxylic acids is 2. The lowest BCUT2D eigenvalue weighted by molar-refractivity contribution is -0.118. The number of pyridine rings is 1. The van der Waals surface area contributed by atoms with Crippen molar-refractivity contribution < 1.29 is 9.59 Å². The Morgan fingerprint density at radius 1 is 0.900 bits per heavy atom. The quantitative estimate of drug-likeness (QED) is 0.579. The summed E-state index contributed by atoms with van der Waals surface area (Å²) in [7, 11) is 0. The van der Waals surface area contributed by atoms with Crippen LogP contribution in [0.5, 0.6) is 0 Å². The van der Waals surface area contributed by atoms with Crippen LogP contribution in [0.2, 0.25) is 5.02 Å². The number of hydrogen-bond donors (Lipinski definition) is 2. The topological polar surface area (TPSA) is 71.1 Å². The van der Waals surface area contributed by atoms with E-state index >= 15 is 0 Å². The third-order valence-corrected chi connectivity index (χ3v) is 4.97. The van der Waals surface area contributed by atoms with E-state index in [0.29, 0.717) is 16.3 Å². The Kier molecular flexibility index (Phi) is 7.20. The lowest BCUT2D eigenvalue weighted by Crippen LogP contribution is -2.47. The van der Waals surface area contributed by atoms with Crippen molar-refractivity contribution in [1.29, 1.82) is 0 Å². The lowest BCUT2D eigenvalue weighted by Gasteiger charge is -2.22. The van der Waals surface area contributed by atoms with Crippen molar-refractivity contribution >= 4 is 29.1 Å². The van der Waals surface area contributed by atoms with Gasteiger partial charge in [-0.3, -0.25) is 14.6 Å². The monoisotopic (exact) mass is 421 g/mol. The predicted molar refractivity (Wildman–Crippen MR) is 120 cm³/mol. The second-order valence-corrected chi connectivity index (χ2v) is 7.86. The fraction of sp³-hybridized carbons (Fsp3) is 0.208. The van der Waals surface area contributed by atoms with Gasteiger partial charge in [0.2, 0.25) is 5.91 Å². The third kappa shape index (κ3) is 5.91. The smallest absolute Gasteiger partial charge is 0.251 e. The Bertz CT molecular complexity index is 987. The molecule has 0 aliphatic heterocycles. The molecule has 5 nitrogen and oxygen atoms in total. The maximum Gasteiger partial charge on any atom is 0.251 e. The summed E-state index contributed by atoms with van der Waals surface area (Å²) in [6.07, 6.45) is 4.34. The molecule has 0 fully saturated rings. The number of rotatable bonds is 7. The number of carbonyl (C=O) groups is 2. The van der Waals surface area contributed by atoms with Crippen LogP contribution in [-0.4, -0.2) is 22.8 Å². The zero-order valence-electron chi connectivity index (χ0n) is 16.9. The van der Waals surface area contributed by atoms with E-state index in [1.54, 1.807) is 36.7 Å². The molecule has 0 aliphatic rings. The Labute approximate surface area is 181 Å². The standard InChI is InChI=1S/C24H24ClN3O2/c1-16(2)22(28-23(29)19-5-7-20(25)8-6-19)24(30)27-21-9-3-17(4-10-21)15-18-11-13-26-14-12-18/h3-14,16,22H,15H2,1-2H3,(H,27,30)(H,28,29). The summed E-state index contributed by atoms with van der Waals surface area (Å²) in [4.78, 5) is 29.3. The molecule has 0 spiro atoms. The fourth-order valence-electron chi connectivity index (χ4n) is 3.02. The van der Waals surface area contributed by atoms with Gasteiger partial charge in [0.05, 0.1) is 0 Å². The van der Waals surface area contributed by atoms with Crippen molar-refractivity contribution in [2.45, 2.75) is 26.3 Å². The molecule has 154 valence electrons. The summed E-state index contributed by atoms with van der Waals surface area (Å²) in [5.41, 5.74) is 3.45. The van der Waals surface area contributed by atoms with Gasteiger partial charge in [-0.1, -0.05) is 37.6 Å². The molecule has 1 atom stereocenters. The van der Waals surface area contributed by atoms with Gasteiger partial charge in [-0.25, -0.2) is 0 Å². The summed E-state index contributed by atoms with van der Waals surface area (Å²) in [5.74, 6) is -0.644. The molecule has 0 saturated heterocycles. The van der Waals surface area contributed by atoms with Crippen LogP contribution in [0.3, 0.4) is 0 Å². The van der Waals surface area contributed by atoms with Crippen molar-refractivity contribution in [3.8, 4) is 0 Å². The highest BCUT2D eigenvalue weighted by Crippen LogP contribution is 2.15. The Hall–Kier alpha value is -3.18. The Morgan fingerprint density at radius 3 is 2.10 bits per heavy atom. The summed E-state index contributed by atoms with van der Waals surface area (Å²) in [6.45, 7) is 3.79. The molecule has 1 unspecified atom stereocenters. The number of nitrogens with zero attached hydrogens (tertiary/aromatic N) is 1. The number of benzene rings is 2. The van der Waals surface area contributed by atoms with E-state index in [2.05, 4.69) is 15.6 Å². The molecule has 0 saturated carbocycles. The van der Waals surface area contributed by atoms with Crippen LogP contribution >= 0.6 is 11.6 Å². The minimum absolute atomic E-state index is 0.0767. The van der Waals surface area contributed by atoms with Crippen molar-refractivity contribution in [1.82, 2.24) is 10.3 Å². The van der Waals surface area contributed by atoms with Crippen molar-refractivity contribution in [2.75, 3.05) is 5.32 Å². The molecule has 3 aromatic rings. The van der Waals surface area contributed by atoms with Crippen molar-refractivity contribution in [3.05, 3.63) is 94.8 Å². The number of aromatic nitrogens is 1. The molecule has 0 radical (unpaired) electrons. The Morgan fingerprint density at radius 2 is 1.50 bits per heavy atom. The number of nitrogens with one attached hydrogen (secondary N) is 2. The van der Waals surface area contributed by atoms with E-state index in [9.17, 15) is 9.59 Å². The highest BCUT2D eigenvalue weighted by atomic mass is 35.5. The summed E-state index contributed by atoms with van der Waals surface area (Å²) in [6, 6.07) is 17.5. The minimum atomic E-state index is -0.662. The van der Waals surface area contributed by atoms with Crippen LogP contribution in [0.1, 0.15) is 35.3 Å². The van der Waals surface area contributed by atoms with E-state index in [4.69, 9.17) is 11.6 Å². The van der Waals surface area contributed by atoms with Crippen LogP contribution in [0.25, 0.3) is 0 Å². The second-order valence-electron chi connectivity index (χ2n) is 7.42. The van der Waals surface area contributed by atoms with Crippen LogP contribution in [0.15, 0.2) is 73.1 Å². The van der Waals surface area contributed by atoms with Gasteiger partial charge in [0.15, 0.2) is 0 Å². The average molecular weight is 422 g/mol. The first-order valence-corrected chi connectivity index (χ1v) is 10.2. The van der Waals surface area contributed by atoms with E-state index in [1.165, 1.54) is 5.56 Å². The molecule has 2 aromatic carbocycles. The van der Waals surface area contributed by atoms with Crippen LogP contribution < -0.4 is 10.6 Å². The molecule has 1 aromatic heterocycles. The zero-order chi connectivity index (χ0) is 21.5. The maximum absolute atomic E-state index is 12.8. The third-order valence-electron chi connectivity index (χ3n) is 4.72. The molecular weight excluding hydrogens is 398 g/mol. The van der Waals surface area contributed by atoms with E-state index < -0.39 is 6.04 Å². The van der Waals surface area contributed by atoms with Gasteiger partial charge in [-0.05, 0) is 72.0 Å². The SMILES string of the molecule is CC(C)C(NC(=O)c1ccc(Cl)cc1)C(=O)Nc1ccc(Cc2ccncc2)cc1. The molecule has 0 bridgehead atoms. The predicted octanol–water partition coefficient (Wildman–Crippen LogP) is 4.72. The molecule has 0 aliphatic carbocycles. The van der Waals surface area contributed by atoms with Crippen molar-refractivity contribution in [2.24, 2.45) is 5.92 Å². The number of anilines is 1. The fourth-order valence-corrected chi connectivity index (χ4v) is 3.15. The summed E-state index contributed by atoms with van der Waals surface area (Å²) < 4.78 is 0. The van der Waals surface area contributed by atoms with Gasteiger partial charge in [-0.2, -0.15) is 0 Å². The van der Waals surface area contributed by atoms with Crippen LogP contribution in [-0.2, 0) is 11.2 Å². The molecule has 2 amide bonds. The van der Waals surface area contributed by atoms with Gasteiger partial charge in [0.25, 0.3) is 5.91 Å². The maximum atomic E-state index is 12.8. The zero-order valence-corrected chi connectivity index (χ0v) is 17.7. The Balaban J connectivity index is 1.63. The highest BCUT2D eigenvalue weighted by Gasteiger charge is 2.24. The molecule has 3 rings (SSSR count). The molecule has 2 N–H and O–H groups in total. The number of amides is 2. The molecule has 30 heavy (non-hydrogen) atoms. The first-order chi connectivity index (χ1) is 14.4. The first kappa shape index (κ1) is 21.5. The van der Waals surface area contributed by atoms with Gasteiger partial charge in [0.1, 0.15) is 6.04 Å². The second kappa shape index (κ2) is 10.0. The van der Waals surface area contributed by atoms with E-state index in [-0.39, 0.29) is 17.7 Å². The number of halogens is 1. The van der Waals surface area contributed by atoms with Gasteiger partial charge in [-0.15, -0.1) is 0 Å². The van der Waals surface area contributed by atoms with Crippen molar-refractivity contribution in [3.63, 3.8) is 0 Å². The first-order valence-electron chi connectivity index (χ1n) is 9.77. The minimum Gasteiger partial charge on any atom is -0.340 e. The summed E-state index contributed by atoms with van der Waals surface area (Å²) >= 11 is 5.87. The van der Waals surface area contributed by atoms with Crippen LogP contribution in [0.4, 0.5) is 5.69 Å².